The van der Waals surface area contributed by atoms with Crippen LogP contribution in [-0.2, 0) is 42.5 Å². The maximum Gasteiger partial charge on any atom is 0.309 e. The number of halogens is 1. The van der Waals surface area contributed by atoms with Crippen LogP contribution in [0.2, 0.25) is 5.02 Å². The summed E-state index contributed by atoms with van der Waals surface area (Å²) in [5.41, 5.74) is 3.80. The Labute approximate surface area is 213 Å². The molecule has 0 aliphatic carbocycles. The maximum absolute atomic E-state index is 12.6. The number of hydrogen-bond donors (Lipinski definition) is 1. The van der Waals surface area contributed by atoms with E-state index in [0.29, 0.717) is 36.5 Å². The zero-order valence-corrected chi connectivity index (χ0v) is 20.9. The fourth-order valence-corrected chi connectivity index (χ4v) is 6.35. The summed E-state index contributed by atoms with van der Waals surface area (Å²) in [6.07, 6.45) is 2.78. The Morgan fingerprint density at radius 3 is 2.54 bits per heavy atom. The van der Waals surface area contributed by atoms with Crippen molar-refractivity contribution in [3.8, 4) is 0 Å². The molecule has 0 saturated carbocycles. The molecule has 35 heavy (non-hydrogen) atoms. The van der Waals surface area contributed by atoms with Crippen LogP contribution in [0, 0.1) is 0 Å². The van der Waals surface area contributed by atoms with Gasteiger partial charge < -0.3 is 19.7 Å². The Balaban J connectivity index is 1.35. The zero-order valence-electron chi connectivity index (χ0n) is 19.3. The molecule has 0 aromatic heterocycles. The number of para-hydroxylation sites is 1. The SMILES string of the molecule is O=C1CCC(=O)OC2(CNCCc3c2ccc(Cl)c3SCCCN2C(=O)CCc3ccccc32)O1. The Morgan fingerprint density at radius 1 is 0.971 bits per heavy atom. The molecule has 5 rings (SSSR count). The number of benzene rings is 2. The molecule has 1 spiro atoms. The maximum atomic E-state index is 12.6. The van der Waals surface area contributed by atoms with E-state index in [1.54, 1.807) is 23.9 Å². The van der Waals surface area contributed by atoms with E-state index in [4.69, 9.17) is 21.1 Å². The smallest absolute Gasteiger partial charge is 0.309 e. The van der Waals surface area contributed by atoms with Gasteiger partial charge in [0.25, 0.3) is 5.79 Å². The first-order valence-electron chi connectivity index (χ1n) is 11.9. The van der Waals surface area contributed by atoms with Gasteiger partial charge in [0.15, 0.2) is 0 Å². The van der Waals surface area contributed by atoms with Gasteiger partial charge in [-0.1, -0.05) is 29.8 Å². The van der Waals surface area contributed by atoms with Crippen LogP contribution in [-0.4, -0.2) is 43.2 Å². The van der Waals surface area contributed by atoms with E-state index in [1.165, 1.54) is 5.56 Å². The quantitative estimate of drug-likeness (QED) is 0.367. The molecule has 0 unspecified atom stereocenters. The third-order valence-corrected chi connectivity index (χ3v) is 8.26. The van der Waals surface area contributed by atoms with Crippen LogP contribution >= 0.6 is 23.4 Å². The number of anilines is 1. The summed E-state index contributed by atoms with van der Waals surface area (Å²) in [5.74, 6) is -1.49. The summed E-state index contributed by atoms with van der Waals surface area (Å²) >= 11 is 8.25. The van der Waals surface area contributed by atoms with Gasteiger partial charge >= 0.3 is 11.9 Å². The number of rotatable bonds is 5. The van der Waals surface area contributed by atoms with Gasteiger partial charge in [0.05, 0.1) is 24.4 Å². The first-order valence-corrected chi connectivity index (χ1v) is 13.3. The topological polar surface area (TPSA) is 84.9 Å². The molecule has 1 fully saturated rings. The highest BCUT2D eigenvalue weighted by Crippen LogP contribution is 2.41. The van der Waals surface area contributed by atoms with Crippen molar-refractivity contribution in [2.75, 3.05) is 30.3 Å². The number of nitrogens with one attached hydrogen (secondary N) is 1. The average Bonchev–Trinajstić information content (AvgIpc) is 3.11. The molecular weight excluding hydrogens is 488 g/mol. The lowest BCUT2D eigenvalue weighted by atomic mass is 9.98. The van der Waals surface area contributed by atoms with Crippen LogP contribution in [0.3, 0.4) is 0 Å². The summed E-state index contributed by atoms with van der Waals surface area (Å²) in [6, 6.07) is 11.6. The van der Waals surface area contributed by atoms with E-state index in [-0.39, 0.29) is 25.3 Å². The second-order valence-electron chi connectivity index (χ2n) is 8.91. The van der Waals surface area contributed by atoms with E-state index in [2.05, 4.69) is 11.4 Å². The van der Waals surface area contributed by atoms with Gasteiger partial charge in [0.2, 0.25) is 5.91 Å². The predicted molar refractivity (Wildman–Crippen MR) is 134 cm³/mol. The van der Waals surface area contributed by atoms with Crippen LogP contribution in [0.25, 0.3) is 0 Å². The van der Waals surface area contributed by atoms with E-state index in [0.717, 1.165) is 34.7 Å². The number of thioether (sulfide) groups is 1. The molecule has 2 aromatic rings. The molecule has 3 heterocycles. The third-order valence-electron chi connectivity index (χ3n) is 6.59. The van der Waals surface area contributed by atoms with Crippen LogP contribution < -0.4 is 10.2 Å². The Morgan fingerprint density at radius 2 is 1.74 bits per heavy atom. The summed E-state index contributed by atoms with van der Waals surface area (Å²) in [7, 11) is 0. The molecule has 2 aromatic carbocycles. The minimum atomic E-state index is -1.49. The number of fused-ring (bicyclic) bond motifs is 3. The van der Waals surface area contributed by atoms with Gasteiger partial charge in [0, 0.05) is 29.1 Å². The molecule has 0 atom stereocenters. The minimum absolute atomic E-state index is 0.00343. The fourth-order valence-electron chi connectivity index (χ4n) is 4.94. The molecule has 1 saturated heterocycles. The van der Waals surface area contributed by atoms with Crippen molar-refractivity contribution in [1.82, 2.24) is 5.32 Å². The molecule has 3 aliphatic heterocycles. The molecule has 7 nitrogen and oxygen atoms in total. The number of carbonyl (C=O) groups is 3. The lowest BCUT2D eigenvalue weighted by Gasteiger charge is -2.32. The molecule has 0 bridgehead atoms. The number of hydrogen-bond acceptors (Lipinski definition) is 7. The van der Waals surface area contributed by atoms with E-state index >= 15 is 0 Å². The average molecular weight is 515 g/mol. The van der Waals surface area contributed by atoms with Gasteiger partial charge in [-0.3, -0.25) is 14.4 Å². The fraction of sp³-hybridized carbons (Fsp3) is 0.423. The molecule has 184 valence electrons. The van der Waals surface area contributed by atoms with Crippen molar-refractivity contribution in [3.63, 3.8) is 0 Å². The van der Waals surface area contributed by atoms with Gasteiger partial charge in [0.1, 0.15) is 0 Å². The largest absolute Gasteiger partial charge is 0.416 e. The predicted octanol–water partition coefficient (Wildman–Crippen LogP) is 3.98. The van der Waals surface area contributed by atoms with Crippen molar-refractivity contribution in [1.29, 1.82) is 0 Å². The number of esters is 2. The van der Waals surface area contributed by atoms with Crippen molar-refractivity contribution < 1.29 is 23.9 Å². The van der Waals surface area contributed by atoms with Crippen molar-refractivity contribution in [2.24, 2.45) is 0 Å². The lowest BCUT2D eigenvalue weighted by molar-refractivity contribution is -0.225. The summed E-state index contributed by atoms with van der Waals surface area (Å²) in [4.78, 5) is 40.0. The summed E-state index contributed by atoms with van der Waals surface area (Å²) in [5, 5.41) is 3.85. The van der Waals surface area contributed by atoms with Crippen LogP contribution in [0.15, 0.2) is 41.3 Å². The normalized spacial score (nSPS) is 19.3. The highest BCUT2D eigenvalue weighted by atomic mass is 35.5. The highest BCUT2D eigenvalue weighted by molar-refractivity contribution is 7.99. The highest BCUT2D eigenvalue weighted by Gasteiger charge is 2.46. The van der Waals surface area contributed by atoms with E-state index in [9.17, 15) is 14.4 Å². The Bertz CT molecular complexity index is 1150. The molecule has 3 aliphatic rings. The molecule has 1 N–H and O–H groups in total. The molecular formula is C26H27ClN2O5S. The second-order valence-corrected chi connectivity index (χ2v) is 10.4. The molecule has 9 heteroatoms. The standard InChI is InChI=1S/C26H27ClN2O5S/c27-20-8-7-19-18(12-13-28-16-26(19)33-23(31)10-11-24(32)34-26)25(20)35-15-3-14-29-21-5-2-1-4-17(21)6-9-22(29)30/h1-2,4-5,7-8,28H,3,6,9-16H2. The van der Waals surface area contributed by atoms with Crippen molar-refractivity contribution in [3.05, 3.63) is 58.1 Å². The number of carbonyl (C=O) groups excluding carboxylic acids is 3. The first kappa shape index (κ1) is 24.2. The van der Waals surface area contributed by atoms with Crippen LogP contribution in [0.4, 0.5) is 5.69 Å². The first-order chi connectivity index (χ1) is 17.0. The van der Waals surface area contributed by atoms with Gasteiger partial charge in [-0.25, -0.2) is 0 Å². The third kappa shape index (κ3) is 4.92. The molecule has 0 radical (unpaired) electrons. The van der Waals surface area contributed by atoms with Crippen LogP contribution in [0.1, 0.15) is 42.4 Å². The van der Waals surface area contributed by atoms with Gasteiger partial charge in [-0.2, -0.15) is 0 Å². The van der Waals surface area contributed by atoms with Crippen LogP contribution in [0.5, 0.6) is 0 Å². The number of amides is 1. The lowest BCUT2D eigenvalue weighted by Crippen LogP contribution is -2.43. The summed E-state index contributed by atoms with van der Waals surface area (Å²) < 4.78 is 11.4. The van der Waals surface area contributed by atoms with E-state index < -0.39 is 17.7 Å². The Hall–Kier alpha value is -2.55. The molecule has 1 amide bonds. The minimum Gasteiger partial charge on any atom is -0.416 e. The zero-order chi connectivity index (χ0) is 24.4. The van der Waals surface area contributed by atoms with Crippen molar-refractivity contribution >= 4 is 46.9 Å². The number of nitrogens with zero attached hydrogens (tertiary/aromatic N) is 1. The number of ether oxygens (including phenoxy) is 2. The van der Waals surface area contributed by atoms with Gasteiger partial charge in [-0.05, 0) is 60.9 Å². The van der Waals surface area contributed by atoms with E-state index in [1.807, 2.05) is 23.1 Å². The van der Waals surface area contributed by atoms with Gasteiger partial charge in [-0.15, -0.1) is 11.8 Å². The summed E-state index contributed by atoms with van der Waals surface area (Å²) in [6.45, 7) is 1.47. The van der Waals surface area contributed by atoms with Crippen molar-refractivity contribution in [2.45, 2.75) is 49.2 Å². The Kier molecular flexibility index (Phi) is 7.05. The number of aryl methyl sites for hydroxylation is 1. The second kappa shape index (κ2) is 10.2. The monoisotopic (exact) mass is 514 g/mol.